The Morgan fingerprint density at radius 2 is 2.02 bits per heavy atom. The molecule has 0 aliphatic carbocycles. The molecule has 3 aromatic rings. The number of nitrogens with one attached hydrogen (secondary N) is 2. The van der Waals surface area contributed by atoms with E-state index in [-0.39, 0.29) is 40.8 Å². The van der Waals surface area contributed by atoms with Crippen LogP contribution in [0.15, 0.2) is 41.4 Å². The van der Waals surface area contributed by atoms with Gasteiger partial charge in [0.25, 0.3) is 0 Å². The Hall–Kier alpha value is -3.83. The molecule has 0 saturated carbocycles. The number of hydrogen-bond acceptors (Lipinski definition) is 7. The highest BCUT2D eigenvalue weighted by atomic mass is 32.2. The highest BCUT2D eigenvalue weighted by Crippen LogP contribution is 2.35. The maximum Gasteiger partial charge on any atom is 0.394 e. The van der Waals surface area contributed by atoms with Crippen molar-refractivity contribution in [2.24, 2.45) is 5.92 Å². The summed E-state index contributed by atoms with van der Waals surface area (Å²) in [5.41, 5.74) is 0.706. The lowest BCUT2D eigenvalue weighted by atomic mass is 9.84. The van der Waals surface area contributed by atoms with E-state index < -0.39 is 46.5 Å². The molecule has 232 valence electrons. The number of benzene rings is 1. The summed E-state index contributed by atoms with van der Waals surface area (Å²) < 4.78 is 86.5. The van der Waals surface area contributed by atoms with E-state index in [1.807, 2.05) is 4.90 Å². The lowest BCUT2D eigenvalue weighted by molar-refractivity contribution is -0.128. The van der Waals surface area contributed by atoms with Crippen molar-refractivity contribution in [2.75, 3.05) is 45.4 Å². The van der Waals surface area contributed by atoms with Crippen LogP contribution in [0.1, 0.15) is 36.3 Å². The second-order valence-electron chi connectivity index (χ2n) is 10.6. The average molecular weight is 624 g/mol. The highest BCUT2D eigenvalue weighted by molar-refractivity contribution is 7.90. The van der Waals surface area contributed by atoms with Crippen molar-refractivity contribution >= 4 is 27.1 Å². The molecule has 4 rings (SSSR count). The van der Waals surface area contributed by atoms with Crippen LogP contribution in [0.4, 0.5) is 23.2 Å². The maximum absolute atomic E-state index is 15.2. The van der Waals surface area contributed by atoms with Crippen molar-refractivity contribution in [1.82, 2.24) is 19.6 Å². The van der Waals surface area contributed by atoms with E-state index in [1.54, 1.807) is 19.2 Å². The molecule has 3 atom stereocenters. The smallest absolute Gasteiger partial charge is 0.394 e. The highest BCUT2D eigenvalue weighted by Gasteiger charge is 2.37. The number of hydrogen-bond donors (Lipinski definition) is 2. The molecule has 3 heterocycles. The number of likely N-dealkylation sites (tertiary alicyclic amines) is 1. The van der Waals surface area contributed by atoms with Crippen LogP contribution < -0.4 is 15.4 Å². The Morgan fingerprint density at radius 1 is 1.28 bits per heavy atom. The van der Waals surface area contributed by atoms with Gasteiger partial charge in [0.1, 0.15) is 23.3 Å². The number of methoxy groups -OCH3 is 1. The zero-order chi connectivity index (χ0) is 31.5. The summed E-state index contributed by atoms with van der Waals surface area (Å²) in [6.45, 7) is 2.06. The molecule has 0 unspecified atom stereocenters. The van der Waals surface area contributed by atoms with Gasteiger partial charge < -0.3 is 24.7 Å². The molecule has 1 aliphatic heterocycles. The number of nitrogens with zero attached hydrogens (tertiary/aromatic N) is 3. The van der Waals surface area contributed by atoms with Crippen molar-refractivity contribution in [3.63, 3.8) is 0 Å². The van der Waals surface area contributed by atoms with Gasteiger partial charge in [-0.2, -0.15) is 13.2 Å². The Bertz CT molecular complexity index is 1660. The number of sulfone groups is 1. The number of alkyl halides is 4. The molecule has 1 aliphatic rings. The summed E-state index contributed by atoms with van der Waals surface area (Å²) >= 11 is 0. The van der Waals surface area contributed by atoms with Gasteiger partial charge in [-0.15, -0.1) is 0 Å². The Labute approximate surface area is 247 Å². The molecule has 1 aromatic carbocycles. The normalized spacial score (nSPS) is 18.5. The van der Waals surface area contributed by atoms with Gasteiger partial charge in [0.15, 0.2) is 9.84 Å². The van der Waals surface area contributed by atoms with Crippen molar-refractivity contribution in [1.29, 1.82) is 0 Å². The van der Waals surface area contributed by atoms with Crippen molar-refractivity contribution in [3.05, 3.63) is 53.5 Å². The summed E-state index contributed by atoms with van der Waals surface area (Å²) in [6.07, 6.45) is -4.19. The number of halogens is 4. The SMILES string of the molecule is COc1cc(S(C)(=O)=O)ccc1NCC#Cc1nc2c([C@@H](NC(C)=O)[C@@H]3CCN(C)C[C@H]3F)cccn2c1CC(F)(F)F. The summed E-state index contributed by atoms with van der Waals surface area (Å²) in [5, 5.41) is 5.78. The van der Waals surface area contributed by atoms with Gasteiger partial charge in [-0.05, 0) is 44.1 Å². The first-order valence-corrected chi connectivity index (χ1v) is 15.3. The maximum atomic E-state index is 15.2. The van der Waals surface area contributed by atoms with Crippen LogP contribution >= 0.6 is 0 Å². The van der Waals surface area contributed by atoms with Crippen molar-refractivity contribution in [3.8, 4) is 17.6 Å². The minimum Gasteiger partial charge on any atom is -0.495 e. The summed E-state index contributed by atoms with van der Waals surface area (Å²) in [7, 11) is -0.283. The van der Waals surface area contributed by atoms with Crippen molar-refractivity contribution in [2.45, 2.75) is 43.1 Å². The number of fused-ring (bicyclic) bond motifs is 1. The van der Waals surface area contributed by atoms with E-state index >= 15 is 4.39 Å². The Kier molecular flexibility index (Phi) is 9.56. The van der Waals surface area contributed by atoms with Crippen LogP contribution in [-0.2, 0) is 21.1 Å². The van der Waals surface area contributed by atoms with E-state index in [0.29, 0.717) is 24.2 Å². The zero-order valence-electron chi connectivity index (χ0n) is 24.1. The molecule has 0 bridgehead atoms. The number of piperidine rings is 1. The molecule has 14 heteroatoms. The number of imidazole rings is 1. The lowest BCUT2D eigenvalue weighted by Crippen LogP contribution is -2.45. The standard InChI is InChI=1S/C29H33F4N5O4S/c1-18(39)35-27(20-11-14-37(2)17-22(20)30)21-7-6-13-38-25(16-29(31,32)33)23(36-28(21)38)8-5-12-34-24-10-9-19(43(4,40)41)15-26(24)42-3/h6-7,9-10,13,15,20,22,27,34H,11-12,14,16-17H2,1-4H3,(H,35,39)/t20-,22-,27+/m1/s1. The quantitative estimate of drug-likeness (QED) is 0.291. The first-order chi connectivity index (χ1) is 20.2. The molecule has 43 heavy (non-hydrogen) atoms. The fourth-order valence-electron chi connectivity index (χ4n) is 5.24. The van der Waals surface area contributed by atoms with Gasteiger partial charge in [0.2, 0.25) is 5.91 Å². The van der Waals surface area contributed by atoms with Crippen LogP contribution in [0, 0.1) is 17.8 Å². The predicted molar refractivity (Wildman–Crippen MR) is 153 cm³/mol. The average Bonchev–Trinajstić information content (AvgIpc) is 3.25. The number of amides is 1. The van der Waals surface area contributed by atoms with E-state index in [2.05, 4.69) is 27.5 Å². The van der Waals surface area contributed by atoms with E-state index in [1.165, 1.54) is 42.8 Å². The van der Waals surface area contributed by atoms with E-state index in [9.17, 15) is 26.4 Å². The molecule has 1 saturated heterocycles. The second-order valence-corrected chi connectivity index (χ2v) is 12.6. The third kappa shape index (κ3) is 7.77. The molecule has 2 aromatic heterocycles. The first-order valence-electron chi connectivity index (χ1n) is 13.4. The number of rotatable bonds is 8. The van der Waals surface area contributed by atoms with Gasteiger partial charge in [-0.3, -0.25) is 4.79 Å². The first kappa shape index (κ1) is 32.1. The molecule has 1 fully saturated rings. The number of pyridine rings is 1. The number of aromatic nitrogens is 2. The van der Waals surface area contributed by atoms with Gasteiger partial charge in [-0.25, -0.2) is 17.8 Å². The number of anilines is 1. The molecule has 1 amide bonds. The van der Waals surface area contributed by atoms with Crippen LogP contribution in [-0.4, -0.2) is 81.0 Å². The summed E-state index contributed by atoms with van der Waals surface area (Å²) in [4.78, 5) is 18.5. The van der Waals surface area contributed by atoms with Crippen LogP contribution in [0.2, 0.25) is 0 Å². The minimum atomic E-state index is -4.57. The van der Waals surface area contributed by atoms with E-state index in [4.69, 9.17) is 4.74 Å². The molecule has 2 N–H and O–H groups in total. The third-order valence-corrected chi connectivity index (χ3v) is 8.35. The summed E-state index contributed by atoms with van der Waals surface area (Å²) in [5.74, 6) is 4.75. The Balaban J connectivity index is 1.71. The molecular weight excluding hydrogens is 590 g/mol. The van der Waals surface area contributed by atoms with Crippen LogP contribution in [0.5, 0.6) is 5.75 Å². The minimum absolute atomic E-state index is 0.0194. The molecule has 9 nitrogen and oxygen atoms in total. The summed E-state index contributed by atoms with van der Waals surface area (Å²) in [6, 6.07) is 6.63. The monoisotopic (exact) mass is 623 g/mol. The fraction of sp³-hybridized carbons (Fsp3) is 0.448. The van der Waals surface area contributed by atoms with Gasteiger partial charge in [0.05, 0.1) is 42.4 Å². The van der Waals surface area contributed by atoms with E-state index in [0.717, 1.165) is 6.26 Å². The fourth-order valence-corrected chi connectivity index (χ4v) is 5.88. The zero-order valence-corrected chi connectivity index (χ0v) is 24.9. The number of carbonyl (C=O) groups is 1. The topological polar surface area (TPSA) is 105 Å². The van der Waals surface area contributed by atoms with Crippen LogP contribution in [0.25, 0.3) is 5.65 Å². The lowest BCUT2D eigenvalue weighted by Gasteiger charge is -2.37. The van der Waals surface area contributed by atoms with Crippen molar-refractivity contribution < 1.29 is 35.5 Å². The predicted octanol–water partition coefficient (Wildman–Crippen LogP) is 3.78. The van der Waals surface area contributed by atoms with Gasteiger partial charge in [0, 0.05) is 43.5 Å². The molecule has 0 radical (unpaired) electrons. The molecule has 0 spiro atoms. The van der Waals surface area contributed by atoms with Gasteiger partial charge >= 0.3 is 6.18 Å². The molecular formula is C29H33F4N5O4S. The number of ether oxygens (including phenoxy) is 1. The second kappa shape index (κ2) is 12.8. The van der Waals surface area contributed by atoms with Crippen LogP contribution in [0.3, 0.4) is 0 Å². The Morgan fingerprint density at radius 3 is 2.65 bits per heavy atom. The third-order valence-electron chi connectivity index (χ3n) is 7.24. The number of carbonyl (C=O) groups excluding carboxylic acids is 1. The largest absolute Gasteiger partial charge is 0.495 e. The van der Waals surface area contributed by atoms with Gasteiger partial charge in [-0.1, -0.05) is 12.0 Å².